The highest BCUT2D eigenvalue weighted by Crippen LogP contribution is 2.43. The Morgan fingerprint density at radius 2 is 1.39 bits per heavy atom. The third kappa shape index (κ3) is 8.06. The third-order valence-corrected chi connectivity index (χ3v) is 8.14. The highest BCUT2D eigenvalue weighted by molar-refractivity contribution is 5.89. The number of esters is 1. The number of hydrogen-bond donors (Lipinski definition) is 6. The molecule has 3 aromatic rings. The van der Waals surface area contributed by atoms with Crippen molar-refractivity contribution in [2.75, 3.05) is 11.5 Å². The minimum Gasteiger partial charge on any atom is -0.452 e. The first-order valence-electron chi connectivity index (χ1n) is 14.8. The molecule has 0 bridgehead atoms. The number of carbonyl (C=O) groups is 1. The van der Waals surface area contributed by atoms with E-state index in [1.807, 2.05) is 20.8 Å². The molecule has 19 nitrogen and oxygen atoms in total. The lowest BCUT2D eigenvalue weighted by Gasteiger charge is -2.29. The quantitative estimate of drug-likeness (QED) is 0.173. The molecule has 0 amide bonds. The van der Waals surface area contributed by atoms with E-state index in [-0.39, 0.29) is 42.5 Å². The Balaban J connectivity index is 0.000000505. The molecule has 51 heavy (non-hydrogen) atoms. The van der Waals surface area contributed by atoms with E-state index in [4.69, 9.17) is 25.7 Å². The summed E-state index contributed by atoms with van der Waals surface area (Å²) in [5.74, 6) is -0.933. The number of nitrogen functional groups attached to an aromatic ring is 2. The Morgan fingerprint density at radius 3 is 1.80 bits per heavy atom. The fourth-order valence-electron chi connectivity index (χ4n) is 5.76. The number of nitriles is 2. The molecule has 12 N–H and O–H groups in total. The molecule has 0 aliphatic carbocycles. The molecule has 2 saturated heterocycles. The summed E-state index contributed by atoms with van der Waals surface area (Å²) < 4.78 is 18.8. The largest absolute Gasteiger partial charge is 0.452 e. The third-order valence-electron chi connectivity index (χ3n) is 8.14. The number of aliphatic hydroxyl groups is 3. The van der Waals surface area contributed by atoms with E-state index in [9.17, 15) is 40.2 Å². The van der Waals surface area contributed by atoms with Crippen molar-refractivity contribution in [3.05, 3.63) is 81.4 Å². The highest BCUT2D eigenvalue weighted by atomic mass is 16.6. The maximum atomic E-state index is 12.7. The van der Waals surface area contributed by atoms with Gasteiger partial charge in [0.05, 0.1) is 17.8 Å². The van der Waals surface area contributed by atoms with E-state index in [0.29, 0.717) is 5.56 Å². The summed E-state index contributed by atoms with van der Waals surface area (Å²) in [4.78, 5) is 44.1. The standard InChI is InChI=1S/C20H22N4O4.C11H14N4O5.CH4.H3N.H2O/c1-12(2)16-13(3)17(27-18(25)14-7-5-4-6-8-14)20(11-21,28-16)24-10-9-15(22)23-19(24)26;1-5(16)8-7(17)9(18)11(4-12,20-8)15-3-2-6(13)14-10(15)19;;;/h4-10,12-13,16-17H,1-3H3,(H2,22,23,26);2-3,5,7-9,16-18H,1H3,(H2,13,14,19);1H4;1H3;1H2/t13-,16-,17-,20-;5-,7-,8-,9-,11-;;;/m11.../s1. The van der Waals surface area contributed by atoms with E-state index in [0.717, 1.165) is 15.3 Å². The number of anilines is 2. The van der Waals surface area contributed by atoms with Gasteiger partial charge in [0.25, 0.3) is 11.4 Å². The van der Waals surface area contributed by atoms with Crippen LogP contribution in [0.15, 0.2) is 64.4 Å². The molecule has 9 atom stereocenters. The Hall–Kier alpha value is -5.25. The van der Waals surface area contributed by atoms with Gasteiger partial charge < -0.3 is 52.6 Å². The molecule has 4 heterocycles. The second-order valence-electron chi connectivity index (χ2n) is 11.8. The smallest absolute Gasteiger partial charge is 0.352 e. The minimum atomic E-state index is -2.17. The first kappa shape index (κ1) is 43.8. The van der Waals surface area contributed by atoms with Gasteiger partial charge in [-0.25, -0.2) is 14.4 Å². The molecule has 0 unspecified atom stereocenters. The van der Waals surface area contributed by atoms with Gasteiger partial charge in [-0.3, -0.25) is 9.13 Å². The van der Waals surface area contributed by atoms with Crippen LogP contribution in [0.2, 0.25) is 0 Å². The first-order valence-corrected chi connectivity index (χ1v) is 14.8. The van der Waals surface area contributed by atoms with Crippen molar-refractivity contribution in [3.63, 3.8) is 0 Å². The molecule has 278 valence electrons. The van der Waals surface area contributed by atoms with Crippen LogP contribution in [0.5, 0.6) is 0 Å². The van der Waals surface area contributed by atoms with Crippen molar-refractivity contribution >= 4 is 17.6 Å². The molecule has 0 radical (unpaired) electrons. The van der Waals surface area contributed by atoms with Gasteiger partial charge in [-0.15, -0.1) is 0 Å². The van der Waals surface area contributed by atoms with Gasteiger partial charge in [0.2, 0.25) is 0 Å². The molecule has 2 aromatic heterocycles. The van der Waals surface area contributed by atoms with E-state index < -0.39 is 65.4 Å². The van der Waals surface area contributed by atoms with Crippen molar-refractivity contribution in [2.45, 2.75) is 83.2 Å². The van der Waals surface area contributed by atoms with Crippen LogP contribution in [-0.2, 0) is 25.7 Å². The number of hydrogen-bond acceptors (Lipinski definition) is 16. The minimum absolute atomic E-state index is 0. The average Bonchev–Trinajstić information content (AvgIpc) is 3.48. The molecule has 1 aromatic carbocycles. The van der Waals surface area contributed by atoms with Gasteiger partial charge in [0, 0.05) is 18.3 Å². The lowest BCUT2D eigenvalue weighted by atomic mass is 9.89. The van der Waals surface area contributed by atoms with E-state index in [1.54, 1.807) is 36.4 Å². The zero-order valence-corrected chi connectivity index (χ0v) is 27.7. The van der Waals surface area contributed by atoms with Crippen LogP contribution in [0.1, 0.15) is 45.5 Å². The number of ether oxygens (including phenoxy) is 3. The Morgan fingerprint density at radius 1 is 0.922 bits per heavy atom. The lowest BCUT2D eigenvalue weighted by molar-refractivity contribution is -0.123. The van der Waals surface area contributed by atoms with Crippen LogP contribution in [0.4, 0.5) is 11.6 Å². The second-order valence-corrected chi connectivity index (χ2v) is 11.8. The molecular weight excluding hydrogens is 670 g/mol. The Bertz CT molecular complexity index is 1840. The zero-order valence-electron chi connectivity index (χ0n) is 27.7. The van der Waals surface area contributed by atoms with Gasteiger partial charge in [-0.2, -0.15) is 20.5 Å². The zero-order chi connectivity index (χ0) is 35.6. The van der Waals surface area contributed by atoms with Gasteiger partial charge in [0.1, 0.15) is 42.1 Å². The number of nitrogens with two attached hydrogens (primary N) is 2. The number of aliphatic hydroxyl groups excluding tert-OH is 3. The van der Waals surface area contributed by atoms with Gasteiger partial charge in [0.15, 0.2) is 6.10 Å². The number of aromatic nitrogens is 4. The second kappa shape index (κ2) is 17.1. The van der Waals surface area contributed by atoms with Crippen molar-refractivity contribution in [1.82, 2.24) is 25.3 Å². The SMILES string of the molecule is C.CC(C)[C@H]1O[C@@](C#N)(n2ccc(N)nc2=O)[C@H](OC(=O)c2ccccc2)[C@@H]1C.C[C@@H](O)[C@H]1O[C@@](C#N)(n2ccc(N)nc2=O)[C@H](O)[C@@H]1O.N.O. The number of benzene rings is 1. The Labute approximate surface area is 293 Å². The molecule has 0 spiro atoms. The van der Waals surface area contributed by atoms with Crippen LogP contribution >= 0.6 is 0 Å². The van der Waals surface area contributed by atoms with Crippen molar-refractivity contribution in [2.24, 2.45) is 11.8 Å². The number of nitrogens with zero attached hydrogens (tertiary/aromatic N) is 6. The van der Waals surface area contributed by atoms with Gasteiger partial charge in [-0.05, 0) is 37.1 Å². The first-order chi connectivity index (χ1) is 22.6. The predicted molar refractivity (Wildman–Crippen MR) is 181 cm³/mol. The monoisotopic (exact) mass is 715 g/mol. The van der Waals surface area contributed by atoms with Crippen LogP contribution in [0.3, 0.4) is 0 Å². The summed E-state index contributed by atoms with van der Waals surface area (Å²) in [5, 5.41) is 48.8. The fraction of sp³-hybridized carbons (Fsp3) is 0.469. The molecule has 19 heteroatoms. The summed E-state index contributed by atoms with van der Waals surface area (Å²) >= 11 is 0. The Kier molecular flexibility index (Phi) is 14.7. The predicted octanol–water partition coefficient (Wildman–Crippen LogP) is -0.605. The molecule has 2 aliphatic heterocycles. The molecular formula is C32H45N9O10. The van der Waals surface area contributed by atoms with Crippen LogP contribution in [0.25, 0.3) is 0 Å². The van der Waals surface area contributed by atoms with Crippen molar-refractivity contribution in [1.29, 1.82) is 10.5 Å². The van der Waals surface area contributed by atoms with Gasteiger partial charge in [-0.1, -0.05) is 46.4 Å². The fourth-order valence-corrected chi connectivity index (χ4v) is 5.76. The maximum Gasteiger partial charge on any atom is 0.352 e. The maximum absolute atomic E-state index is 12.7. The lowest BCUT2D eigenvalue weighted by Crippen LogP contribution is -2.50. The molecule has 2 fully saturated rings. The van der Waals surface area contributed by atoms with E-state index in [1.165, 1.54) is 25.3 Å². The molecule has 5 rings (SSSR count). The number of rotatable bonds is 6. The summed E-state index contributed by atoms with van der Waals surface area (Å²) in [5.41, 5.74) is 5.60. The summed E-state index contributed by atoms with van der Waals surface area (Å²) in [6.45, 7) is 7.05. The van der Waals surface area contributed by atoms with Crippen molar-refractivity contribution < 1.29 is 39.8 Å². The van der Waals surface area contributed by atoms with Gasteiger partial charge >= 0.3 is 17.3 Å². The number of carbonyl (C=O) groups excluding carboxylic acids is 1. The average molecular weight is 716 g/mol. The van der Waals surface area contributed by atoms with Crippen LogP contribution in [-0.4, -0.2) is 82.5 Å². The van der Waals surface area contributed by atoms with E-state index >= 15 is 0 Å². The van der Waals surface area contributed by atoms with Crippen LogP contribution in [0, 0.1) is 34.5 Å². The topological polar surface area (TPSA) is 341 Å². The van der Waals surface area contributed by atoms with E-state index in [2.05, 4.69) is 16.0 Å². The highest BCUT2D eigenvalue weighted by Gasteiger charge is 2.60. The normalized spacial score (nSPS) is 28.3. The van der Waals surface area contributed by atoms with Crippen molar-refractivity contribution in [3.8, 4) is 12.1 Å². The summed E-state index contributed by atoms with van der Waals surface area (Å²) in [7, 11) is 0. The molecule has 2 aliphatic rings. The molecule has 0 saturated carbocycles. The summed E-state index contributed by atoms with van der Waals surface area (Å²) in [6.07, 6.45) is -4.56. The summed E-state index contributed by atoms with van der Waals surface area (Å²) in [6, 6.07) is 14.8. The van der Waals surface area contributed by atoms with Crippen LogP contribution < -0.4 is 29.0 Å².